The van der Waals surface area contributed by atoms with Crippen LogP contribution in [0.25, 0.3) is 0 Å². The molecule has 3 nitrogen and oxygen atoms in total. The van der Waals surface area contributed by atoms with Crippen LogP contribution >= 0.6 is 11.8 Å². The zero-order chi connectivity index (χ0) is 12.3. The molecule has 92 valence electrons. The Bertz CT molecular complexity index is 418. The Morgan fingerprint density at radius 2 is 2.29 bits per heavy atom. The second-order valence-corrected chi connectivity index (χ2v) is 5.42. The Balaban J connectivity index is 2.04. The largest absolute Gasteiger partial charge is 0.497 e. The van der Waals surface area contributed by atoms with E-state index in [1.807, 2.05) is 24.3 Å². The molecule has 4 heteroatoms. The van der Waals surface area contributed by atoms with Gasteiger partial charge in [-0.05, 0) is 18.1 Å². The first-order valence-electron chi connectivity index (χ1n) is 5.80. The van der Waals surface area contributed by atoms with Crippen molar-refractivity contribution in [3.8, 4) is 5.75 Å². The summed E-state index contributed by atoms with van der Waals surface area (Å²) in [6.45, 7) is 4.42. The third kappa shape index (κ3) is 3.16. The second-order valence-electron chi connectivity index (χ2n) is 4.41. The summed E-state index contributed by atoms with van der Waals surface area (Å²) in [6, 6.07) is 8.35. The lowest BCUT2D eigenvalue weighted by Gasteiger charge is -2.08. The molecule has 0 aliphatic carbocycles. The van der Waals surface area contributed by atoms with Crippen molar-refractivity contribution < 1.29 is 4.74 Å². The number of hydrogen-bond acceptors (Lipinski definition) is 4. The van der Waals surface area contributed by atoms with Gasteiger partial charge in [0.05, 0.1) is 13.2 Å². The number of thioether (sulfide) groups is 1. The van der Waals surface area contributed by atoms with Gasteiger partial charge in [-0.25, -0.2) is 0 Å². The smallest absolute Gasteiger partial charge is 0.161 e. The number of ether oxygens (including phenoxy) is 1. The highest BCUT2D eigenvalue weighted by molar-refractivity contribution is 8.14. The fraction of sp³-hybridized carbons (Fsp3) is 0.462. The number of aliphatic imine (C=N–C) groups is 1. The van der Waals surface area contributed by atoms with E-state index in [-0.39, 0.29) is 0 Å². The average molecular weight is 250 g/mol. The molecule has 0 radical (unpaired) electrons. The minimum absolute atomic E-state index is 0.438. The van der Waals surface area contributed by atoms with Crippen molar-refractivity contribution in [1.29, 1.82) is 0 Å². The summed E-state index contributed by atoms with van der Waals surface area (Å²) in [5.74, 6) is 2.54. The number of nitrogens with one attached hydrogen (secondary N) is 1. The summed E-state index contributed by atoms with van der Waals surface area (Å²) in [7, 11) is 1.68. The maximum Gasteiger partial charge on any atom is 0.161 e. The van der Waals surface area contributed by atoms with Gasteiger partial charge in [-0.15, -0.1) is 0 Å². The third-order valence-electron chi connectivity index (χ3n) is 2.76. The summed E-state index contributed by atoms with van der Waals surface area (Å²) >= 11 is 1.79. The third-order valence-corrected chi connectivity index (χ3v) is 3.75. The lowest BCUT2D eigenvalue weighted by Crippen LogP contribution is -2.12. The van der Waals surface area contributed by atoms with Gasteiger partial charge in [0.1, 0.15) is 5.75 Å². The van der Waals surface area contributed by atoms with Crippen molar-refractivity contribution in [2.75, 3.05) is 18.2 Å². The fourth-order valence-electron chi connectivity index (χ4n) is 1.62. The molecule has 1 unspecified atom stereocenters. The van der Waals surface area contributed by atoms with Crippen molar-refractivity contribution in [2.24, 2.45) is 10.9 Å². The molecule has 0 fully saturated rings. The van der Waals surface area contributed by atoms with Crippen LogP contribution in [-0.2, 0) is 0 Å². The lowest BCUT2D eigenvalue weighted by molar-refractivity contribution is 0.415. The highest BCUT2D eigenvalue weighted by Crippen LogP contribution is 2.25. The van der Waals surface area contributed by atoms with Crippen molar-refractivity contribution in [3.63, 3.8) is 0 Å². The maximum absolute atomic E-state index is 5.19. The van der Waals surface area contributed by atoms with Crippen LogP contribution in [-0.4, -0.2) is 24.1 Å². The van der Waals surface area contributed by atoms with Gasteiger partial charge < -0.3 is 10.1 Å². The van der Waals surface area contributed by atoms with E-state index in [1.54, 1.807) is 18.9 Å². The first kappa shape index (κ1) is 12.3. The number of rotatable bonds is 3. The molecular formula is C13H18N2OS. The molecule has 17 heavy (non-hydrogen) atoms. The minimum atomic E-state index is 0.438. The first-order valence-corrected chi connectivity index (χ1v) is 6.79. The van der Waals surface area contributed by atoms with Crippen LogP contribution in [0.5, 0.6) is 5.75 Å². The molecule has 1 aliphatic rings. The molecule has 1 N–H and O–H groups in total. The lowest BCUT2D eigenvalue weighted by atomic mass is 10.1. The van der Waals surface area contributed by atoms with Crippen LogP contribution in [0.1, 0.15) is 13.8 Å². The Morgan fingerprint density at radius 3 is 2.94 bits per heavy atom. The van der Waals surface area contributed by atoms with Gasteiger partial charge in [0.2, 0.25) is 0 Å². The van der Waals surface area contributed by atoms with Crippen molar-refractivity contribution in [1.82, 2.24) is 0 Å². The minimum Gasteiger partial charge on any atom is -0.497 e. The Morgan fingerprint density at radius 1 is 1.47 bits per heavy atom. The van der Waals surface area contributed by atoms with Gasteiger partial charge in [0.25, 0.3) is 0 Å². The number of benzene rings is 1. The first-order chi connectivity index (χ1) is 8.19. The van der Waals surface area contributed by atoms with Crippen molar-refractivity contribution in [3.05, 3.63) is 24.3 Å². The molecule has 0 aromatic heterocycles. The van der Waals surface area contributed by atoms with Gasteiger partial charge in [0.15, 0.2) is 5.17 Å². The fourth-order valence-corrected chi connectivity index (χ4v) is 2.81. The topological polar surface area (TPSA) is 33.6 Å². The SMILES string of the molecule is COc1cccc(NC2=NC(C(C)C)CS2)c1. The van der Waals surface area contributed by atoms with Crippen LogP contribution in [0.4, 0.5) is 5.69 Å². The zero-order valence-corrected chi connectivity index (χ0v) is 11.3. The Kier molecular flexibility index (Phi) is 3.94. The van der Waals surface area contributed by atoms with Crippen molar-refractivity contribution >= 4 is 22.6 Å². The molecule has 0 amide bonds. The second kappa shape index (κ2) is 5.45. The quantitative estimate of drug-likeness (QED) is 0.894. The summed E-state index contributed by atoms with van der Waals surface area (Å²) in [4.78, 5) is 4.67. The Labute approximate surface area is 107 Å². The van der Waals surface area contributed by atoms with E-state index in [1.165, 1.54) is 0 Å². The van der Waals surface area contributed by atoms with Crippen LogP contribution in [0.3, 0.4) is 0 Å². The number of nitrogens with zero attached hydrogens (tertiary/aromatic N) is 1. The van der Waals surface area contributed by atoms with Gasteiger partial charge in [-0.2, -0.15) is 0 Å². The molecular weight excluding hydrogens is 232 g/mol. The standard InChI is InChI=1S/C13H18N2OS/c1-9(2)12-8-17-13(15-12)14-10-5-4-6-11(7-10)16-3/h4-7,9,12H,8H2,1-3H3,(H,14,15). The van der Waals surface area contributed by atoms with Crippen LogP contribution in [0.2, 0.25) is 0 Å². The summed E-state index contributed by atoms with van der Waals surface area (Å²) < 4.78 is 5.19. The van der Waals surface area contributed by atoms with Gasteiger partial charge >= 0.3 is 0 Å². The molecule has 1 aliphatic heterocycles. The normalized spacial score (nSPS) is 19.3. The highest BCUT2D eigenvalue weighted by atomic mass is 32.2. The predicted octanol–water partition coefficient (Wildman–Crippen LogP) is 3.23. The zero-order valence-electron chi connectivity index (χ0n) is 10.4. The highest BCUT2D eigenvalue weighted by Gasteiger charge is 2.20. The molecule has 0 bridgehead atoms. The van der Waals surface area contributed by atoms with Crippen LogP contribution < -0.4 is 10.1 Å². The van der Waals surface area contributed by atoms with E-state index in [0.29, 0.717) is 12.0 Å². The molecule has 1 aromatic carbocycles. The van der Waals surface area contributed by atoms with Crippen molar-refractivity contribution in [2.45, 2.75) is 19.9 Å². The van der Waals surface area contributed by atoms with E-state index in [4.69, 9.17) is 4.74 Å². The van der Waals surface area contributed by atoms with E-state index in [9.17, 15) is 0 Å². The number of hydrogen-bond donors (Lipinski definition) is 1. The monoisotopic (exact) mass is 250 g/mol. The van der Waals surface area contributed by atoms with Crippen LogP contribution in [0, 0.1) is 5.92 Å². The molecule has 1 aromatic rings. The molecule has 0 spiro atoms. The predicted molar refractivity (Wildman–Crippen MR) is 75.1 cm³/mol. The van der Waals surface area contributed by atoms with E-state index < -0.39 is 0 Å². The molecule has 0 saturated carbocycles. The summed E-state index contributed by atoms with van der Waals surface area (Å²) in [5, 5.41) is 4.34. The average Bonchev–Trinajstić information content (AvgIpc) is 2.78. The molecule has 1 heterocycles. The summed E-state index contributed by atoms with van der Waals surface area (Å²) in [6.07, 6.45) is 0. The van der Waals surface area contributed by atoms with E-state index in [0.717, 1.165) is 22.4 Å². The van der Waals surface area contributed by atoms with Crippen LogP contribution in [0.15, 0.2) is 29.3 Å². The molecule has 0 saturated heterocycles. The maximum atomic E-state index is 5.19. The molecule has 1 atom stereocenters. The van der Waals surface area contributed by atoms with Gasteiger partial charge in [0, 0.05) is 17.5 Å². The van der Waals surface area contributed by atoms with Gasteiger partial charge in [-0.1, -0.05) is 31.7 Å². The molecule has 2 rings (SSSR count). The van der Waals surface area contributed by atoms with E-state index in [2.05, 4.69) is 24.2 Å². The number of methoxy groups -OCH3 is 1. The van der Waals surface area contributed by atoms with Gasteiger partial charge in [-0.3, -0.25) is 4.99 Å². The number of anilines is 1. The Hall–Kier alpha value is -1.16. The number of amidine groups is 1. The summed E-state index contributed by atoms with van der Waals surface area (Å²) in [5.41, 5.74) is 1.03. The van der Waals surface area contributed by atoms with E-state index >= 15 is 0 Å².